The number of unbranched alkanes of at least 4 members (excludes halogenated alkanes) is 2. The summed E-state index contributed by atoms with van der Waals surface area (Å²) in [6.07, 6.45) is 3.73. The van der Waals surface area contributed by atoms with Gasteiger partial charge in [0.25, 0.3) is 0 Å². The highest BCUT2D eigenvalue weighted by Gasteiger charge is 2.05. The standard InChI is InChI=1S/C5H11Cl.C5H6O4S3/c1-2-3-4-5-6;6-3(7)1-11-5(10)12-2-4(8)9/h2-5H2,1H3;1-2H2,(H,6,7)(H,8,9). The maximum absolute atomic E-state index is 10.0. The van der Waals surface area contributed by atoms with E-state index in [0.29, 0.717) is 3.53 Å². The van der Waals surface area contributed by atoms with Gasteiger partial charge in [0.2, 0.25) is 0 Å². The monoisotopic (exact) mass is 332 g/mol. The van der Waals surface area contributed by atoms with Gasteiger partial charge in [-0.1, -0.05) is 55.5 Å². The van der Waals surface area contributed by atoms with Gasteiger partial charge < -0.3 is 10.2 Å². The number of hydrogen-bond donors (Lipinski definition) is 2. The van der Waals surface area contributed by atoms with Gasteiger partial charge in [0.05, 0.1) is 11.5 Å². The van der Waals surface area contributed by atoms with Crippen LogP contribution in [0.25, 0.3) is 0 Å². The second-order valence-electron chi connectivity index (χ2n) is 3.01. The predicted molar refractivity (Wildman–Crippen MR) is 83.0 cm³/mol. The molecule has 4 nitrogen and oxygen atoms in total. The SMILES string of the molecule is CCCCCCl.O=C(O)CSC(=S)SCC(=O)O. The van der Waals surface area contributed by atoms with Crippen molar-refractivity contribution in [3.63, 3.8) is 0 Å². The van der Waals surface area contributed by atoms with Gasteiger partial charge in [0, 0.05) is 5.88 Å². The quantitative estimate of drug-likeness (QED) is 0.421. The van der Waals surface area contributed by atoms with Gasteiger partial charge in [-0.3, -0.25) is 9.59 Å². The van der Waals surface area contributed by atoms with Crippen LogP contribution < -0.4 is 0 Å². The molecule has 0 spiro atoms. The number of rotatable bonds is 7. The van der Waals surface area contributed by atoms with E-state index in [9.17, 15) is 9.59 Å². The van der Waals surface area contributed by atoms with Gasteiger partial charge in [0.1, 0.15) is 3.53 Å². The first-order valence-corrected chi connectivity index (χ1v) is 8.14. The van der Waals surface area contributed by atoms with E-state index < -0.39 is 11.9 Å². The number of thioether (sulfide) groups is 2. The Hall–Kier alpha value is 0.0200. The summed E-state index contributed by atoms with van der Waals surface area (Å²) in [5, 5.41) is 16.5. The van der Waals surface area contributed by atoms with E-state index in [-0.39, 0.29) is 11.5 Å². The summed E-state index contributed by atoms with van der Waals surface area (Å²) >= 11 is 12.0. The Bertz CT molecular complexity index is 238. The highest BCUT2D eigenvalue weighted by molar-refractivity contribution is 8.47. The Labute approximate surface area is 126 Å². The predicted octanol–water partition coefficient (Wildman–Crippen LogP) is 3.32. The van der Waals surface area contributed by atoms with Gasteiger partial charge in [0.15, 0.2) is 0 Å². The molecule has 0 saturated carbocycles. The van der Waals surface area contributed by atoms with Crippen molar-refractivity contribution in [3.8, 4) is 0 Å². The maximum atomic E-state index is 10.0. The Morgan fingerprint density at radius 3 is 1.78 bits per heavy atom. The highest BCUT2D eigenvalue weighted by Crippen LogP contribution is 2.16. The van der Waals surface area contributed by atoms with Gasteiger partial charge >= 0.3 is 11.9 Å². The van der Waals surface area contributed by atoms with Crippen molar-refractivity contribution in [1.82, 2.24) is 0 Å². The van der Waals surface area contributed by atoms with Crippen LogP contribution in [0.4, 0.5) is 0 Å². The van der Waals surface area contributed by atoms with E-state index in [2.05, 4.69) is 6.92 Å². The number of hydrogen-bond acceptors (Lipinski definition) is 5. The third-order valence-corrected chi connectivity index (χ3v) is 4.30. The van der Waals surface area contributed by atoms with Gasteiger partial charge in [-0.05, 0) is 6.42 Å². The molecule has 0 fully saturated rings. The van der Waals surface area contributed by atoms with E-state index in [1.807, 2.05) is 0 Å². The lowest BCUT2D eigenvalue weighted by molar-refractivity contribution is -0.134. The Morgan fingerprint density at radius 1 is 1.11 bits per heavy atom. The summed E-state index contributed by atoms with van der Waals surface area (Å²) in [4.78, 5) is 20.1. The van der Waals surface area contributed by atoms with Crippen LogP contribution in [0, 0.1) is 0 Å². The van der Waals surface area contributed by atoms with Gasteiger partial charge in [-0.15, -0.1) is 11.6 Å². The van der Waals surface area contributed by atoms with Crippen molar-refractivity contribution in [3.05, 3.63) is 0 Å². The summed E-state index contributed by atoms with van der Waals surface area (Å²) in [5.74, 6) is -1.33. The first-order valence-electron chi connectivity index (χ1n) is 5.23. The number of aliphatic carboxylic acids is 2. The van der Waals surface area contributed by atoms with E-state index >= 15 is 0 Å². The van der Waals surface area contributed by atoms with Crippen molar-refractivity contribution in [2.75, 3.05) is 17.4 Å². The zero-order valence-electron chi connectivity index (χ0n) is 10.1. The lowest BCUT2D eigenvalue weighted by Gasteiger charge is -1.97. The molecule has 0 aliphatic carbocycles. The summed E-state index contributed by atoms with van der Waals surface area (Å²) in [7, 11) is 0. The number of carboxylic acids is 2. The molecule has 2 N–H and O–H groups in total. The summed E-state index contributed by atoms with van der Waals surface area (Å²) < 4.78 is 0.347. The first-order chi connectivity index (χ1) is 8.43. The van der Waals surface area contributed by atoms with Gasteiger partial charge in [-0.2, -0.15) is 0 Å². The van der Waals surface area contributed by atoms with Crippen LogP contribution in [0.1, 0.15) is 26.2 Å². The van der Waals surface area contributed by atoms with Crippen molar-refractivity contribution in [2.24, 2.45) is 0 Å². The normalized spacial score (nSPS) is 9.22. The molecule has 8 heteroatoms. The molecule has 0 heterocycles. The molecule has 0 aliphatic heterocycles. The lowest BCUT2D eigenvalue weighted by Crippen LogP contribution is -2.02. The molecule has 0 saturated heterocycles. The molecule has 0 rings (SSSR count). The molecule has 0 aliphatic rings. The third-order valence-electron chi connectivity index (χ3n) is 1.36. The molecular formula is C10H17ClO4S3. The molecule has 106 valence electrons. The second-order valence-corrected chi connectivity index (χ2v) is 6.54. The number of halogens is 1. The van der Waals surface area contributed by atoms with Crippen LogP contribution in [0.5, 0.6) is 0 Å². The van der Waals surface area contributed by atoms with E-state index in [0.717, 1.165) is 29.4 Å². The number of carbonyl (C=O) groups is 2. The maximum Gasteiger partial charge on any atom is 0.313 e. The average Bonchev–Trinajstić information content (AvgIpc) is 2.32. The smallest absolute Gasteiger partial charge is 0.313 e. The Morgan fingerprint density at radius 2 is 1.56 bits per heavy atom. The molecular weight excluding hydrogens is 316 g/mol. The Kier molecular flexibility index (Phi) is 17.0. The van der Waals surface area contributed by atoms with Crippen LogP contribution in [-0.4, -0.2) is 43.1 Å². The van der Waals surface area contributed by atoms with E-state index in [1.54, 1.807) is 0 Å². The Balaban J connectivity index is 0. The number of thiocarbonyl (C=S) groups is 1. The average molecular weight is 333 g/mol. The van der Waals surface area contributed by atoms with Gasteiger partial charge in [-0.25, -0.2) is 0 Å². The molecule has 0 amide bonds. The molecule has 0 aromatic carbocycles. The molecule has 0 unspecified atom stereocenters. The molecule has 0 bridgehead atoms. The molecule has 18 heavy (non-hydrogen) atoms. The summed E-state index contributed by atoms with van der Waals surface area (Å²) in [6.45, 7) is 2.17. The topological polar surface area (TPSA) is 74.6 Å². The largest absolute Gasteiger partial charge is 0.481 e. The van der Waals surface area contributed by atoms with Crippen LogP contribution in [0.15, 0.2) is 0 Å². The zero-order chi connectivity index (χ0) is 14.4. The van der Waals surface area contributed by atoms with Crippen LogP contribution >= 0.6 is 47.3 Å². The van der Waals surface area contributed by atoms with E-state index in [4.69, 9.17) is 34.0 Å². The fraction of sp³-hybridized carbons (Fsp3) is 0.700. The minimum Gasteiger partial charge on any atom is -0.481 e. The van der Waals surface area contributed by atoms with Crippen molar-refractivity contribution >= 4 is 62.8 Å². The van der Waals surface area contributed by atoms with Crippen LogP contribution in [0.2, 0.25) is 0 Å². The van der Waals surface area contributed by atoms with Crippen LogP contribution in [-0.2, 0) is 9.59 Å². The molecule has 0 aromatic rings. The first kappa shape index (κ1) is 20.3. The summed E-state index contributed by atoms with van der Waals surface area (Å²) in [5.41, 5.74) is 0. The second kappa shape index (κ2) is 15.1. The molecule has 0 aromatic heterocycles. The minimum atomic E-state index is -0.960. The number of alkyl halides is 1. The number of carboxylic acid groups (broad SMARTS) is 2. The third kappa shape index (κ3) is 21.3. The van der Waals surface area contributed by atoms with Crippen molar-refractivity contribution in [1.29, 1.82) is 0 Å². The molecule has 0 atom stereocenters. The highest BCUT2D eigenvalue weighted by atomic mass is 35.5. The molecule has 0 radical (unpaired) electrons. The van der Waals surface area contributed by atoms with Crippen molar-refractivity contribution in [2.45, 2.75) is 26.2 Å². The summed E-state index contributed by atoms with van der Waals surface area (Å²) in [6, 6.07) is 0. The minimum absolute atomic E-state index is 0.120. The fourth-order valence-electron chi connectivity index (χ4n) is 0.627. The van der Waals surface area contributed by atoms with Crippen LogP contribution in [0.3, 0.4) is 0 Å². The zero-order valence-corrected chi connectivity index (χ0v) is 13.3. The van der Waals surface area contributed by atoms with Crippen molar-refractivity contribution < 1.29 is 19.8 Å². The fourth-order valence-corrected chi connectivity index (χ4v) is 2.34. The van der Waals surface area contributed by atoms with E-state index in [1.165, 1.54) is 19.3 Å². The lowest BCUT2D eigenvalue weighted by atomic mass is 10.3.